The Hall–Kier alpha value is -3.75. The van der Waals surface area contributed by atoms with Crippen molar-refractivity contribution in [2.24, 2.45) is 0 Å². The minimum atomic E-state index is -1.49. The molecule has 0 atom stereocenters. The number of hydrogen-bond acceptors (Lipinski definition) is 8. The zero-order valence-electron chi connectivity index (χ0n) is 14.3. The number of aldehydes is 1. The van der Waals surface area contributed by atoms with Crippen LogP contribution in [0.1, 0.15) is 47.8 Å². The molecule has 9 heteroatoms. The molecule has 0 aliphatic carbocycles. The highest BCUT2D eigenvalue weighted by atomic mass is 16.5. The van der Waals surface area contributed by atoms with E-state index in [0.717, 1.165) is 12.1 Å². The number of rotatable bonds is 5. The number of carbonyl (C=O) groups is 3. The van der Waals surface area contributed by atoms with Crippen molar-refractivity contribution in [1.29, 1.82) is 0 Å². The topological polar surface area (TPSA) is 162 Å². The maximum absolute atomic E-state index is 12.3. The van der Waals surface area contributed by atoms with E-state index in [2.05, 4.69) is 0 Å². The number of phenols is 4. The molecule has 0 radical (unpaired) electrons. The van der Waals surface area contributed by atoms with Crippen molar-refractivity contribution in [3.63, 3.8) is 0 Å². The lowest BCUT2D eigenvalue weighted by Gasteiger charge is -2.14. The van der Waals surface area contributed by atoms with Crippen LogP contribution in [-0.2, 0) is 11.3 Å². The van der Waals surface area contributed by atoms with Crippen molar-refractivity contribution < 1.29 is 44.7 Å². The number of ether oxygens (including phenoxy) is 1. The molecule has 0 aliphatic rings. The molecule has 0 saturated carbocycles. The molecule has 0 unspecified atom stereocenters. The molecule has 142 valence electrons. The molecular formula is C18H16O9. The van der Waals surface area contributed by atoms with Crippen LogP contribution < -0.4 is 0 Å². The van der Waals surface area contributed by atoms with Crippen LogP contribution in [0.3, 0.4) is 0 Å². The second-order valence-electron chi connectivity index (χ2n) is 5.75. The number of carbonyl (C=O) groups excluding carboxylic acids is 2. The van der Waals surface area contributed by atoms with E-state index in [4.69, 9.17) is 4.74 Å². The molecule has 27 heavy (non-hydrogen) atoms. The summed E-state index contributed by atoms with van der Waals surface area (Å²) in [4.78, 5) is 34.6. The van der Waals surface area contributed by atoms with Gasteiger partial charge in [-0.2, -0.15) is 0 Å². The number of aryl methyl sites for hydroxylation is 1. The van der Waals surface area contributed by atoms with Crippen LogP contribution in [0.2, 0.25) is 0 Å². The minimum Gasteiger partial charge on any atom is -0.508 e. The number of esters is 1. The predicted molar refractivity (Wildman–Crippen MR) is 90.5 cm³/mol. The molecule has 2 rings (SSSR count). The van der Waals surface area contributed by atoms with Crippen LogP contribution in [0.25, 0.3) is 0 Å². The van der Waals surface area contributed by atoms with Crippen molar-refractivity contribution in [1.82, 2.24) is 0 Å². The first kappa shape index (κ1) is 19.6. The average molecular weight is 376 g/mol. The van der Waals surface area contributed by atoms with E-state index < -0.39 is 52.7 Å². The van der Waals surface area contributed by atoms with Crippen LogP contribution in [0.5, 0.6) is 23.0 Å². The average Bonchev–Trinajstić information content (AvgIpc) is 2.57. The molecule has 0 fully saturated rings. The van der Waals surface area contributed by atoms with Crippen LogP contribution >= 0.6 is 0 Å². The summed E-state index contributed by atoms with van der Waals surface area (Å²) in [6, 6.07) is 2.12. The predicted octanol–water partition coefficient (Wildman–Crippen LogP) is 1.99. The van der Waals surface area contributed by atoms with Crippen LogP contribution in [0.15, 0.2) is 12.1 Å². The Morgan fingerprint density at radius 1 is 1.00 bits per heavy atom. The zero-order valence-corrected chi connectivity index (χ0v) is 14.3. The van der Waals surface area contributed by atoms with Gasteiger partial charge >= 0.3 is 11.9 Å². The van der Waals surface area contributed by atoms with Gasteiger partial charge in [0.25, 0.3) is 0 Å². The Morgan fingerprint density at radius 3 is 2.19 bits per heavy atom. The highest BCUT2D eigenvalue weighted by molar-refractivity contribution is 5.99. The summed E-state index contributed by atoms with van der Waals surface area (Å²) in [5.74, 6) is -4.94. The normalized spacial score (nSPS) is 10.4. The standard InChI is InChI=1S/C18H16O9/c1-7-3-12(21)10(5-19)16(23)13(7)18(26)27-6-9-4-11(20)8(2)15(22)14(9)17(24)25/h3-5,20-23H,6H2,1-2H3,(H,24,25). The van der Waals surface area contributed by atoms with Gasteiger partial charge in [0.05, 0.1) is 5.56 Å². The molecule has 0 saturated heterocycles. The van der Waals surface area contributed by atoms with Gasteiger partial charge in [0.1, 0.15) is 40.7 Å². The van der Waals surface area contributed by atoms with Gasteiger partial charge in [0, 0.05) is 11.1 Å². The van der Waals surface area contributed by atoms with Crippen molar-refractivity contribution in [3.8, 4) is 23.0 Å². The van der Waals surface area contributed by atoms with E-state index in [1.807, 2.05) is 0 Å². The number of aromatic carboxylic acids is 1. The number of hydrogen-bond donors (Lipinski definition) is 5. The third-order valence-electron chi connectivity index (χ3n) is 4.02. The lowest BCUT2D eigenvalue weighted by Crippen LogP contribution is -2.11. The van der Waals surface area contributed by atoms with Gasteiger partial charge in [-0.15, -0.1) is 0 Å². The molecule has 0 spiro atoms. The van der Waals surface area contributed by atoms with E-state index in [1.165, 1.54) is 13.8 Å². The summed E-state index contributed by atoms with van der Waals surface area (Å²) in [6.07, 6.45) is 0.166. The first-order chi connectivity index (χ1) is 12.6. The summed E-state index contributed by atoms with van der Waals surface area (Å²) in [7, 11) is 0. The van der Waals surface area contributed by atoms with Crippen LogP contribution in [-0.4, -0.2) is 43.8 Å². The Kier molecular flexibility index (Phi) is 5.25. The van der Waals surface area contributed by atoms with Gasteiger partial charge in [-0.1, -0.05) is 0 Å². The summed E-state index contributed by atoms with van der Waals surface area (Å²) >= 11 is 0. The van der Waals surface area contributed by atoms with Crippen molar-refractivity contribution in [3.05, 3.63) is 45.5 Å². The highest BCUT2D eigenvalue weighted by Gasteiger charge is 2.24. The number of carboxylic acids is 1. The number of benzene rings is 2. The maximum atomic E-state index is 12.3. The monoisotopic (exact) mass is 376 g/mol. The summed E-state index contributed by atoms with van der Waals surface area (Å²) in [5.41, 5.74) is -1.53. The van der Waals surface area contributed by atoms with Crippen LogP contribution in [0.4, 0.5) is 0 Å². The Morgan fingerprint density at radius 2 is 1.63 bits per heavy atom. The minimum absolute atomic E-state index is 0.0508. The highest BCUT2D eigenvalue weighted by Crippen LogP contribution is 2.35. The Labute approximate surface area is 152 Å². The van der Waals surface area contributed by atoms with Gasteiger partial charge < -0.3 is 30.3 Å². The second-order valence-corrected chi connectivity index (χ2v) is 5.75. The maximum Gasteiger partial charge on any atom is 0.342 e. The third-order valence-corrected chi connectivity index (χ3v) is 4.02. The molecule has 0 bridgehead atoms. The molecular weight excluding hydrogens is 360 g/mol. The fraction of sp³-hybridized carbons (Fsp3) is 0.167. The van der Waals surface area contributed by atoms with Crippen LogP contribution in [0, 0.1) is 13.8 Å². The van der Waals surface area contributed by atoms with Gasteiger partial charge in [-0.05, 0) is 31.5 Å². The first-order valence-corrected chi connectivity index (χ1v) is 7.55. The Bertz CT molecular complexity index is 960. The fourth-order valence-corrected chi connectivity index (χ4v) is 2.55. The second kappa shape index (κ2) is 7.24. The molecule has 0 heterocycles. The van der Waals surface area contributed by atoms with Gasteiger partial charge in [-0.25, -0.2) is 9.59 Å². The van der Waals surface area contributed by atoms with E-state index in [1.54, 1.807) is 0 Å². The summed E-state index contributed by atoms with van der Waals surface area (Å²) < 4.78 is 4.97. The number of phenolic OH excluding ortho intramolecular Hbond substituents is 3. The smallest absolute Gasteiger partial charge is 0.342 e. The lowest BCUT2D eigenvalue weighted by molar-refractivity contribution is 0.0460. The molecule has 5 N–H and O–H groups in total. The molecule has 2 aromatic carbocycles. The zero-order chi connectivity index (χ0) is 20.5. The molecule has 0 aliphatic heterocycles. The fourth-order valence-electron chi connectivity index (χ4n) is 2.55. The van der Waals surface area contributed by atoms with E-state index >= 15 is 0 Å². The van der Waals surface area contributed by atoms with Gasteiger partial charge in [-0.3, -0.25) is 4.79 Å². The van der Waals surface area contributed by atoms with Gasteiger partial charge in [0.2, 0.25) is 0 Å². The summed E-state index contributed by atoms with van der Waals surface area (Å²) in [6.45, 7) is 2.06. The molecule has 0 aromatic heterocycles. The largest absolute Gasteiger partial charge is 0.508 e. The molecule has 0 amide bonds. The molecule has 2 aromatic rings. The first-order valence-electron chi connectivity index (χ1n) is 7.55. The quantitative estimate of drug-likeness (QED) is 0.388. The Balaban J connectivity index is 2.40. The number of carboxylic acid groups (broad SMARTS) is 1. The van der Waals surface area contributed by atoms with Gasteiger partial charge in [0.15, 0.2) is 6.29 Å². The van der Waals surface area contributed by atoms with Crippen molar-refractivity contribution in [2.75, 3.05) is 0 Å². The third kappa shape index (κ3) is 3.47. The molecule has 9 nitrogen and oxygen atoms in total. The number of aromatic hydroxyl groups is 4. The lowest BCUT2D eigenvalue weighted by atomic mass is 10.0. The van der Waals surface area contributed by atoms with Crippen molar-refractivity contribution in [2.45, 2.75) is 20.5 Å². The van der Waals surface area contributed by atoms with E-state index in [9.17, 15) is 39.9 Å². The van der Waals surface area contributed by atoms with E-state index in [-0.39, 0.29) is 28.5 Å². The van der Waals surface area contributed by atoms with Crippen molar-refractivity contribution >= 4 is 18.2 Å². The SMILES string of the molecule is Cc1cc(O)c(C=O)c(O)c1C(=O)OCc1cc(O)c(C)c(O)c1C(=O)O. The van der Waals surface area contributed by atoms with E-state index in [0.29, 0.717) is 0 Å². The summed E-state index contributed by atoms with van der Waals surface area (Å²) in [5, 5.41) is 48.5.